The lowest BCUT2D eigenvalue weighted by molar-refractivity contribution is 0.105. The molecule has 0 aliphatic carbocycles. The summed E-state index contributed by atoms with van der Waals surface area (Å²) in [5, 5.41) is 23.0. The van der Waals surface area contributed by atoms with E-state index in [1.54, 1.807) is 48.5 Å². The highest BCUT2D eigenvalue weighted by molar-refractivity contribution is 6.45. The highest BCUT2D eigenvalue weighted by Crippen LogP contribution is 2.22. The Morgan fingerprint density at radius 2 is 1.04 bits per heavy atom. The standard InChI is InChI=1S/C18H16N2O5/c1-11(19-23)17(21)13-3-7-15(8-4-13)25-16-9-5-14(6-10-16)18(22)12(2)20-24/h3-10,23-24H,1-2H3. The SMILES string of the molecule is CC(=NO)C(=O)c1ccc(Oc2ccc(C(=O)C(C)=NO)cc2)cc1. The molecule has 0 spiro atoms. The Morgan fingerprint density at radius 3 is 1.32 bits per heavy atom. The highest BCUT2D eigenvalue weighted by atomic mass is 16.5. The number of rotatable bonds is 6. The second-order valence-electron chi connectivity index (χ2n) is 5.18. The van der Waals surface area contributed by atoms with Crippen LogP contribution < -0.4 is 4.74 Å². The summed E-state index contributed by atoms with van der Waals surface area (Å²) in [6.07, 6.45) is 0. The summed E-state index contributed by atoms with van der Waals surface area (Å²) >= 11 is 0. The number of carbonyl (C=O) groups excluding carboxylic acids is 2. The van der Waals surface area contributed by atoms with E-state index in [4.69, 9.17) is 15.2 Å². The van der Waals surface area contributed by atoms with Crippen LogP contribution in [-0.4, -0.2) is 33.4 Å². The quantitative estimate of drug-likeness (QED) is 0.362. The molecule has 0 heterocycles. The van der Waals surface area contributed by atoms with Gasteiger partial charge >= 0.3 is 0 Å². The molecule has 0 atom stereocenters. The van der Waals surface area contributed by atoms with Gasteiger partial charge in [0.1, 0.15) is 22.9 Å². The molecule has 2 N–H and O–H groups in total. The number of hydrogen-bond donors (Lipinski definition) is 2. The molecule has 0 unspecified atom stereocenters. The zero-order chi connectivity index (χ0) is 18.4. The second kappa shape index (κ2) is 7.87. The number of hydrogen-bond acceptors (Lipinski definition) is 7. The summed E-state index contributed by atoms with van der Waals surface area (Å²) in [6.45, 7) is 2.83. The normalized spacial score (nSPS) is 11.9. The zero-order valence-corrected chi connectivity index (χ0v) is 13.6. The van der Waals surface area contributed by atoms with Crippen LogP contribution in [-0.2, 0) is 0 Å². The summed E-state index contributed by atoms with van der Waals surface area (Å²) in [5.41, 5.74) is 0.746. The number of carbonyl (C=O) groups is 2. The Balaban J connectivity index is 2.10. The molecule has 0 saturated heterocycles. The van der Waals surface area contributed by atoms with Gasteiger partial charge in [0.05, 0.1) is 0 Å². The van der Waals surface area contributed by atoms with E-state index in [1.165, 1.54) is 13.8 Å². The molecule has 0 saturated carbocycles. The monoisotopic (exact) mass is 340 g/mol. The molecular formula is C18H16N2O5. The molecule has 25 heavy (non-hydrogen) atoms. The van der Waals surface area contributed by atoms with Crippen LogP contribution in [0.1, 0.15) is 34.6 Å². The van der Waals surface area contributed by atoms with Crippen LogP contribution >= 0.6 is 0 Å². The van der Waals surface area contributed by atoms with Gasteiger partial charge in [0.15, 0.2) is 0 Å². The van der Waals surface area contributed by atoms with Crippen LogP contribution in [0.4, 0.5) is 0 Å². The average molecular weight is 340 g/mol. The molecular weight excluding hydrogens is 324 g/mol. The van der Waals surface area contributed by atoms with Crippen molar-refractivity contribution >= 4 is 23.0 Å². The average Bonchev–Trinajstić information content (AvgIpc) is 2.66. The lowest BCUT2D eigenvalue weighted by Gasteiger charge is -2.07. The van der Waals surface area contributed by atoms with E-state index in [2.05, 4.69) is 10.3 Å². The summed E-state index contributed by atoms with van der Waals surface area (Å²) < 4.78 is 5.64. The van der Waals surface area contributed by atoms with Crippen molar-refractivity contribution in [1.29, 1.82) is 0 Å². The van der Waals surface area contributed by atoms with Crippen LogP contribution in [0.5, 0.6) is 11.5 Å². The maximum absolute atomic E-state index is 11.8. The molecule has 0 radical (unpaired) electrons. The number of Topliss-reactive ketones (excluding diaryl/α,β-unsaturated/α-hetero) is 2. The molecule has 0 aliphatic heterocycles. The Kier molecular flexibility index (Phi) is 5.62. The van der Waals surface area contributed by atoms with E-state index in [-0.39, 0.29) is 23.0 Å². The maximum Gasteiger partial charge on any atom is 0.210 e. The van der Waals surface area contributed by atoms with Crippen molar-refractivity contribution in [2.45, 2.75) is 13.8 Å². The molecule has 0 amide bonds. The number of benzene rings is 2. The zero-order valence-electron chi connectivity index (χ0n) is 13.6. The predicted molar refractivity (Wildman–Crippen MR) is 91.4 cm³/mol. The molecule has 128 valence electrons. The van der Waals surface area contributed by atoms with Crippen LogP contribution in [0.3, 0.4) is 0 Å². The Labute approximate surface area is 143 Å². The molecule has 2 rings (SSSR count). The van der Waals surface area contributed by atoms with Gasteiger partial charge in [-0.2, -0.15) is 0 Å². The van der Waals surface area contributed by atoms with Gasteiger partial charge in [0, 0.05) is 11.1 Å². The number of oxime groups is 2. The van der Waals surface area contributed by atoms with Crippen molar-refractivity contribution in [3.8, 4) is 11.5 Å². The molecule has 7 nitrogen and oxygen atoms in total. The molecule has 2 aromatic rings. The van der Waals surface area contributed by atoms with Gasteiger partial charge in [-0.05, 0) is 62.4 Å². The maximum atomic E-state index is 11.8. The lowest BCUT2D eigenvalue weighted by atomic mass is 10.1. The van der Waals surface area contributed by atoms with Crippen molar-refractivity contribution in [3.05, 3.63) is 59.7 Å². The molecule has 2 aromatic carbocycles. The summed E-state index contributed by atoms with van der Waals surface area (Å²) in [7, 11) is 0. The minimum Gasteiger partial charge on any atom is -0.457 e. The first-order valence-corrected chi connectivity index (χ1v) is 7.31. The van der Waals surface area contributed by atoms with Crippen LogP contribution in [0.25, 0.3) is 0 Å². The van der Waals surface area contributed by atoms with Crippen molar-refractivity contribution in [1.82, 2.24) is 0 Å². The van der Waals surface area contributed by atoms with Gasteiger partial charge in [0.2, 0.25) is 11.6 Å². The Morgan fingerprint density at radius 1 is 0.720 bits per heavy atom. The third kappa shape index (κ3) is 4.29. The third-order valence-electron chi connectivity index (χ3n) is 3.43. The fourth-order valence-corrected chi connectivity index (χ4v) is 1.99. The smallest absolute Gasteiger partial charge is 0.210 e. The van der Waals surface area contributed by atoms with Crippen molar-refractivity contribution in [2.75, 3.05) is 0 Å². The fourth-order valence-electron chi connectivity index (χ4n) is 1.99. The van der Waals surface area contributed by atoms with Crippen LogP contribution in [0.15, 0.2) is 58.8 Å². The van der Waals surface area contributed by atoms with E-state index in [1.807, 2.05) is 0 Å². The van der Waals surface area contributed by atoms with Gasteiger partial charge in [-0.25, -0.2) is 0 Å². The fraction of sp³-hybridized carbons (Fsp3) is 0.111. The minimum atomic E-state index is -0.377. The first kappa shape index (κ1) is 17.9. The largest absolute Gasteiger partial charge is 0.457 e. The Bertz CT molecular complexity index is 765. The summed E-state index contributed by atoms with van der Waals surface area (Å²) in [6, 6.07) is 12.7. The Hall–Kier alpha value is -3.48. The van der Waals surface area contributed by atoms with E-state index in [9.17, 15) is 9.59 Å². The van der Waals surface area contributed by atoms with Crippen LogP contribution in [0, 0.1) is 0 Å². The minimum absolute atomic E-state index is 0.00404. The predicted octanol–water partition coefficient (Wildman–Crippen LogP) is 3.54. The first-order chi connectivity index (χ1) is 12.0. The van der Waals surface area contributed by atoms with Crippen molar-refractivity contribution in [2.24, 2.45) is 10.3 Å². The number of ketones is 2. The van der Waals surface area contributed by atoms with Gasteiger partial charge < -0.3 is 15.2 Å². The van der Waals surface area contributed by atoms with Crippen LogP contribution in [0.2, 0.25) is 0 Å². The number of ether oxygens (including phenoxy) is 1. The van der Waals surface area contributed by atoms with Gasteiger partial charge in [-0.1, -0.05) is 10.3 Å². The van der Waals surface area contributed by atoms with Crippen molar-refractivity contribution < 1.29 is 24.7 Å². The summed E-state index contributed by atoms with van der Waals surface area (Å²) in [5.74, 6) is 0.250. The molecule has 7 heteroatoms. The van der Waals surface area contributed by atoms with Gasteiger partial charge in [0.25, 0.3) is 0 Å². The van der Waals surface area contributed by atoms with Gasteiger partial charge in [-0.3, -0.25) is 9.59 Å². The highest BCUT2D eigenvalue weighted by Gasteiger charge is 2.11. The topological polar surface area (TPSA) is 109 Å². The summed E-state index contributed by atoms with van der Waals surface area (Å²) in [4.78, 5) is 23.7. The first-order valence-electron chi connectivity index (χ1n) is 7.31. The number of nitrogens with zero attached hydrogens (tertiary/aromatic N) is 2. The van der Waals surface area contributed by atoms with E-state index >= 15 is 0 Å². The lowest BCUT2D eigenvalue weighted by Crippen LogP contribution is -2.10. The molecule has 0 aromatic heterocycles. The van der Waals surface area contributed by atoms with E-state index in [0.717, 1.165) is 0 Å². The van der Waals surface area contributed by atoms with E-state index < -0.39 is 0 Å². The molecule has 0 fully saturated rings. The molecule has 0 aliphatic rings. The van der Waals surface area contributed by atoms with E-state index in [0.29, 0.717) is 22.6 Å². The van der Waals surface area contributed by atoms with Crippen molar-refractivity contribution in [3.63, 3.8) is 0 Å². The second-order valence-corrected chi connectivity index (χ2v) is 5.18. The third-order valence-corrected chi connectivity index (χ3v) is 3.43. The van der Waals surface area contributed by atoms with Gasteiger partial charge in [-0.15, -0.1) is 0 Å². The molecule has 0 bridgehead atoms.